The highest BCUT2D eigenvalue weighted by molar-refractivity contribution is 5.82. The molecular weight excluding hydrogens is 206 g/mol. The first-order chi connectivity index (χ1) is 8.29. The van der Waals surface area contributed by atoms with Gasteiger partial charge in [-0.3, -0.25) is 0 Å². The SMILES string of the molecule is CC#CCC(N)Cc1ccc2ccccc2c1. The average molecular weight is 223 g/mol. The normalized spacial score (nSPS) is 11.9. The van der Waals surface area contributed by atoms with Crippen LogP contribution in [0.4, 0.5) is 0 Å². The lowest BCUT2D eigenvalue weighted by atomic mass is 10.0. The molecule has 0 fully saturated rings. The highest BCUT2D eigenvalue weighted by atomic mass is 14.6. The molecule has 2 N–H and O–H groups in total. The standard InChI is InChI=1S/C16H17N/c1-2-3-8-16(17)12-13-9-10-14-6-4-5-7-15(14)11-13/h4-7,9-11,16H,8,12,17H2,1H3. The van der Waals surface area contributed by atoms with Gasteiger partial charge in [-0.05, 0) is 29.7 Å². The lowest BCUT2D eigenvalue weighted by molar-refractivity contribution is 0.689. The van der Waals surface area contributed by atoms with E-state index in [1.165, 1.54) is 16.3 Å². The van der Waals surface area contributed by atoms with E-state index < -0.39 is 0 Å². The van der Waals surface area contributed by atoms with Gasteiger partial charge >= 0.3 is 0 Å². The number of hydrogen-bond acceptors (Lipinski definition) is 1. The van der Waals surface area contributed by atoms with Crippen molar-refractivity contribution in [1.82, 2.24) is 0 Å². The maximum atomic E-state index is 6.03. The van der Waals surface area contributed by atoms with Crippen LogP contribution in [-0.4, -0.2) is 6.04 Å². The zero-order valence-corrected chi connectivity index (χ0v) is 10.1. The molecule has 0 amide bonds. The van der Waals surface area contributed by atoms with Gasteiger partial charge in [0.05, 0.1) is 0 Å². The maximum Gasteiger partial charge on any atom is 0.0244 e. The van der Waals surface area contributed by atoms with Gasteiger partial charge in [-0.15, -0.1) is 11.8 Å². The third-order valence-corrected chi connectivity index (χ3v) is 2.85. The second kappa shape index (κ2) is 5.52. The van der Waals surface area contributed by atoms with Crippen LogP contribution in [0.3, 0.4) is 0 Å². The van der Waals surface area contributed by atoms with Crippen LogP contribution in [0.15, 0.2) is 42.5 Å². The van der Waals surface area contributed by atoms with Crippen molar-refractivity contribution in [2.45, 2.75) is 25.8 Å². The fraction of sp³-hybridized carbons (Fsp3) is 0.250. The molecule has 86 valence electrons. The Hall–Kier alpha value is -1.78. The molecule has 1 atom stereocenters. The predicted octanol–water partition coefficient (Wildman–Crippen LogP) is 3.12. The molecule has 1 nitrogen and oxygen atoms in total. The molecule has 17 heavy (non-hydrogen) atoms. The van der Waals surface area contributed by atoms with E-state index in [2.05, 4.69) is 54.3 Å². The van der Waals surface area contributed by atoms with Crippen LogP contribution in [0, 0.1) is 11.8 Å². The molecule has 0 aliphatic rings. The number of rotatable bonds is 3. The monoisotopic (exact) mass is 223 g/mol. The van der Waals surface area contributed by atoms with Crippen LogP contribution in [0.25, 0.3) is 10.8 Å². The molecule has 2 aromatic rings. The molecule has 2 aromatic carbocycles. The third-order valence-electron chi connectivity index (χ3n) is 2.85. The predicted molar refractivity (Wildman–Crippen MR) is 73.7 cm³/mol. The van der Waals surface area contributed by atoms with Crippen LogP contribution in [0.5, 0.6) is 0 Å². The summed E-state index contributed by atoms with van der Waals surface area (Å²) in [6, 6.07) is 15.0. The van der Waals surface area contributed by atoms with Crippen molar-refractivity contribution in [1.29, 1.82) is 0 Å². The highest BCUT2D eigenvalue weighted by Gasteiger charge is 2.03. The molecule has 0 aromatic heterocycles. The maximum absolute atomic E-state index is 6.03. The summed E-state index contributed by atoms with van der Waals surface area (Å²) in [5.74, 6) is 5.91. The van der Waals surface area contributed by atoms with Crippen LogP contribution in [0.1, 0.15) is 18.9 Å². The molecule has 1 heteroatoms. The van der Waals surface area contributed by atoms with Crippen molar-refractivity contribution in [2.75, 3.05) is 0 Å². The Morgan fingerprint density at radius 2 is 1.88 bits per heavy atom. The zero-order valence-electron chi connectivity index (χ0n) is 10.1. The number of fused-ring (bicyclic) bond motifs is 1. The van der Waals surface area contributed by atoms with E-state index in [9.17, 15) is 0 Å². The summed E-state index contributed by atoms with van der Waals surface area (Å²) in [6.07, 6.45) is 1.66. The van der Waals surface area contributed by atoms with Gasteiger partial charge in [0.1, 0.15) is 0 Å². The molecule has 1 unspecified atom stereocenters. The number of benzene rings is 2. The average Bonchev–Trinajstić information content (AvgIpc) is 2.36. The number of hydrogen-bond donors (Lipinski definition) is 1. The molecule has 0 radical (unpaired) electrons. The van der Waals surface area contributed by atoms with Crippen LogP contribution >= 0.6 is 0 Å². The smallest absolute Gasteiger partial charge is 0.0244 e. The summed E-state index contributed by atoms with van der Waals surface area (Å²) in [5.41, 5.74) is 7.32. The van der Waals surface area contributed by atoms with Gasteiger partial charge in [-0.1, -0.05) is 42.5 Å². The van der Waals surface area contributed by atoms with Crippen molar-refractivity contribution in [3.05, 3.63) is 48.0 Å². The summed E-state index contributed by atoms with van der Waals surface area (Å²) in [6.45, 7) is 1.85. The Bertz CT molecular complexity index is 560. The Morgan fingerprint density at radius 1 is 1.12 bits per heavy atom. The molecule has 0 heterocycles. The Labute approximate surface area is 103 Å². The third kappa shape index (κ3) is 3.09. The first-order valence-corrected chi connectivity index (χ1v) is 5.92. The fourth-order valence-electron chi connectivity index (χ4n) is 1.97. The Morgan fingerprint density at radius 3 is 2.65 bits per heavy atom. The summed E-state index contributed by atoms with van der Waals surface area (Å²) in [5, 5.41) is 2.55. The minimum atomic E-state index is 0.128. The first kappa shape index (κ1) is 11.7. The van der Waals surface area contributed by atoms with Crippen LogP contribution in [0.2, 0.25) is 0 Å². The van der Waals surface area contributed by atoms with Gasteiger partial charge in [0, 0.05) is 12.5 Å². The fourth-order valence-corrected chi connectivity index (χ4v) is 1.97. The zero-order chi connectivity index (χ0) is 12.1. The summed E-state index contributed by atoms with van der Waals surface area (Å²) in [4.78, 5) is 0. The highest BCUT2D eigenvalue weighted by Crippen LogP contribution is 2.16. The second-order valence-electron chi connectivity index (χ2n) is 4.28. The van der Waals surface area contributed by atoms with Crippen molar-refractivity contribution in [3.8, 4) is 11.8 Å². The molecule has 2 rings (SSSR count). The lowest BCUT2D eigenvalue weighted by Gasteiger charge is -2.09. The van der Waals surface area contributed by atoms with Gasteiger partial charge in [0.2, 0.25) is 0 Å². The molecule has 0 saturated carbocycles. The molecule has 0 aliphatic carbocycles. The van der Waals surface area contributed by atoms with Crippen LogP contribution in [-0.2, 0) is 6.42 Å². The van der Waals surface area contributed by atoms with Gasteiger partial charge in [0.25, 0.3) is 0 Å². The minimum absolute atomic E-state index is 0.128. The van der Waals surface area contributed by atoms with Crippen molar-refractivity contribution >= 4 is 10.8 Å². The van der Waals surface area contributed by atoms with Crippen molar-refractivity contribution in [2.24, 2.45) is 5.73 Å². The summed E-state index contributed by atoms with van der Waals surface area (Å²) in [7, 11) is 0. The van der Waals surface area contributed by atoms with E-state index in [0.29, 0.717) is 0 Å². The Kier molecular flexibility index (Phi) is 3.80. The molecule has 0 spiro atoms. The van der Waals surface area contributed by atoms with E-state index in [1.54, 1.807) is 0 Å². The lowest BCUT2D eigenvalue weighted by Crippen LogP contribution is -2.21. The van der Waals surface area contributed by atoms with E-state index in [0.717, 1.165) is 12.8 Å². The van der Waals surface area contributed by atoms with Gasteiger partial charge in [0.15, 0.2) is 0 Å². The molecule has 0 bridgehead atoms. The minimum Gasteiger partial charge on any atom is -0.327 e. The van der Waals surface area contributed by atoms with Gasteiger partial charge in [-0.2, -0.15) is 0 Å². The molecular formula is C16H17N. The second-order valence-corrected chi connectivity index (χ2v) is 4.28. The van der Waals surface area contributed by atoms with E-state index in [1.807, 2.05) is 6.92 Å². The quantitative estimate of drug-likeness (QED) is 0.795. The molecule has 0 saturated heterocycles. The van der Waals surface area contributed by atoms with Gasteiger partial charge < -0.3 is 5.73 Å². The molecule has 0 aliphatic heterocycles. The van der Waals surface area contributed by atoms with Crippen molar-refractivity contribution in [3.63, 3.8) is 0 Å². The van der Waals surface area contributed by atoms with Crippen molar-refractivity contribution < 1.29 is 0 Å². The summed E-state index contributed by atoms with van der Waals surface area (Å²) < 4.78 is 0. The first-order valence-electron chi connectivity index (χ1n) is 5.92. The summed E-state index contributed by atoms with van der Waals surface area (Å²) >= 11 is 0. The topological polar surface area (TPSA) is 26.0 Å². The Balaban J connectivity index is 2.15. The van der Waals surface area contributed by atoms with E-state index in [-0.39, 0.29) is 6.04 Å². The van der Waals surface area contributed by atoms with E-state index >= 15 is 0 Å². The van der Waals surface area contributed by atoms with Crippen LogP contribution < -0.4 is 5.73 Å². The van der Waals surface area contributed by atoms with E-state index in [4.69, 9.17) is 5.73 Å². The largest absolute Gasteiger partial charge is 0.327 e. The number of nitrogens with two attached hydrogens (primary N) is 1. The van der Waals surface area contributed by atoms with Gasteiger partial charge in [-0.25, -0.2) is 0 Å².